The molecule has 2 amide bonds. The van der Waals surface area contributed by atoms with Gasteiger partial charge < -0.3 is 16.4 Å². The predicted octanol–water partition coefficient (Wildman–Crippen LogP) is 2.85. The fraction of sp³-hybridized carbons (Fsp3) is 0.562. The van der Waals surface area contributed by atoms with Gasteiger partial charge in [0.15, 0.2) is 0 Å². The molecule has 5 nitrogen and oxygen atoms in total. The number of likely N-dealkylation sites (tertiary alicyclic amines) is 1. The van der Waals surface area contributed by atoms with Gasteiger partial charge in [-0.2, -0.15) is 13.2 Å². The van der Waals surface area contributed by atoms with Crippen molar-refractivity contribution in [2.75, 3.05) is 25.0 Å². The molecule has 0 radical (unpaired) electrons. The summed E-state index contributed by atoms with van der Waals surface area (Å²) in [5, 5.41) is 5.96. The van der Waals surface area contributed by atoms with Crippen molar-refractivity contribution < 1.29 is 18.0 Å². The predicted molar refractivity (Wildman–Crippen MR) is 86.7 cm³/mol. The Morgan fingerprint density at radius 1 is 1.29 bits per heavy atom. The molecule has 1 unspecified atom stereocenters. The lowest BCUT2D eigenvalue weighted by Crippen LogP contribution is -2.46. The summed E-state index contributed by atoms with van der Waals surface area (Å²) in [4.78, 5) is 12.2. The molecule has 1 heterocycles. The van der Waals surface area contributed by atoms with Crippen molar-refractivity contribution in [2.24, 2.45) is 5.73 Å². The third kappa shape index (κ3) is 6.01. The Balaban J connectivity index is 1.81. The number of nitrogens with one attached hydrogen (secondary N) is 2. The highest BCUT2D eigenvalue weighted by molar-refractivity contribution is 5.87. The number of nitrogens with zero attached hydrogens (tertiary/aromatic N) is 1. The van der Waals surface area contributed by atoms with E-state index in [-0.39, 0.29) is 12.1 Å². The number of hydrogen-bond donors (Lipinski definition) is 3. The maximum atomic E-state index is 12.4. The molecule has 2 rings (SSSR count). The first-order chi connectivity index (χ1) is 11.2. The standard InChI is InChI=1S/C16H23F3N4O/c1-11(12-2-4-13(5-3-12)22-15(20)24)21-14-6-8-23(9-7-14)10-16(17,18)19/h2-5,11,14,21H,6-10H2,1H3,(H3,20,22,24). The number of amides is 2. The van der Waals surface area contributed by atoms with E-state index >= 15 is 0 Å². The van der Waals surface area contributed by atoms with Crippen molar-refractivity contribution in [2.45, 2.75) is 38.0 Å². The summed E-state index contributed by atoms with van der Waals surface area (Å²) in [7, 11) is 0. The van der Waals surface area contributed by atoms with E-state index in [1.54, 1.807) is 12.1 Å². The first kappa shape index (κ1) is 18.5. The van der Waals surface area contributed by atoms with Gasteiger partial charge in [-0.1, -0.05) is 12.1 Å². The largest absolute Gasteiger partial charge is 0.401 e. The van der Waals surface area contributed by atoms with Gasteiger partial charge in [0.2, 0.25) is 0 Å². The molecule has 0 spiro atoms. The number of carbonyl (C=O) groups is 1. The van der Waals surface area contributed by atoms with Crippen LogP contribution in [0, 0.1) is 0 Å². The molecule has 8 heteroatoms. The minimum atomic E-state index is -4.13. The fourth-order valence-corrected chi connectivity index (χ4v) is 2.96. The second kappa shape index (κ2) is 7.85. The minimum Gasteiger partial charge on any atom is -0.351 e. The third-order valence-electron chi connectivity index (χ3n) is 4.15. The number of rotatable bonds is 5. The van der Waals surface area contributed by atoms with Crippen molar-refractivity contribution in [3.8, 4) is 0 Å². The van der Waals surface area contributed by atoms with E-state index in [0.717, 1.165) is 5.56 Å². The van der Waals surface area contributed by atoms with Crippen LogP contribution >= 0.6 is 0 Å². The lowest BCUT2D eigenvalue weighted by Gasteiger charge is -2.34. The van der Waals surface area contributed by atoms with Gasteiger partial charge in [-0.05, 0) is 50.6 Å². The molecular weight excluding hydrogens is 321 g/mol. The van der Waals surface area contributed by atoms with Crippen LogP contribution < -0.4 is 16.4 Å². The molecule has 134 valence electrons. The van der Waals surface area contributed by atoms with Gasteiger partial charge in [0.25, 0.3) is 0 Å². The number of urea groups is 1. The second-order valence-electron chi connectivity index (χ2n) is 6.17. The van der Waals surface area contributed by atoms with Gasteiger partial charge in [0.05, 0.1) is 6.54 Å². The van der Waals surface area contributed by atoms with E-state index in [1.807, 2.05) is 19.1 Å². The maximum Gasteiger partial charge on any atom is 0.401 e. The van der Waals surface area contributed by atoms with E-state index in [2.05, 4.69) is 10.6 Å². The number of halogens is 3. The average molecular weight is 344 g/mol. The summed E-state index contributed by atoms with van der Waals surface area (Å²) in [5.74, 6) is 0. The molecule has 1 aliphatic rings. The monoisotopic (exact) mass is 344 g/mol. The molecule has 1 aliphatic heterocycles. The minimum absolute atomic E-state index is 0.0757. The molecule has 1 saturated heterocycles. The topological polar surface area (TPSA) is 70.4 Å². The van der Waals surface area contributed by atoms with E-state index in [1.165, 1.54) is 4.90 Å². The molecule has 0 saturated carbocycles. The van der Waals surface area contributed by atoms with Crippen LogP contribution in [0.1, 0.15) is 31.4 Å². The Hall–Kier alpha value is -1.80. The Morgan fingerprint density at radius 3 is 2.38 bits per heavy atom. The summed E-state index contributed by atoms with van der Waals surface area (Å²) in [6.07, 6.45) is -2.74. The van der Waals surface area contributed by atoms with Crippen LogP contribution in [0.4, 0.5) is 23.7 Å². The SMILES string of the molecule is CC(NC1CCN(CC(F)(F)F)CC1)c1ccc(NC(N)=O)cc1. The van der Waals surface area contributed by atoms with Crippen LogP contribution in [0.15, 0.2) is 24.3 Å². The van der Waals surface area contributed by atoms with Gasteiger partial charge in [-0.15, -0.1) is 0 Å². The summed E-state index contributed by atoms with van der Waals surface area (Å²) in [6, 6.07) is 6.98. The zero-order valence-corrected chi connectivity index (χ0v) is 13.6. The van der Waals surface area contributed by atoms with Crippen molar-refractivity contribution in [1.29, 1.82) is 0 Å². The van der Waals surface area contributed by atoms with Crippen molar-refractivity contribution in [3.05, 3.63) is 29.8 Å². The van der Waals surface area contributed by atoms with E-state index in [9.17, 15) is 18.0 Å². The number of benzene rings is 1. The molecular formula is C16H23F3N4O. The van der Waals surface area contributed by atoms with E-state index in [4.69, 9.17) is 5.73 Å². The fourth-order valence-electron chi connectivity index (χ4n) is 2.96. The zero-order chi connectivity index (χ0) is 17.7. The maximum absolute atomic E-state index is 12.4. The third-order valence-corrected chi connectivity index (χ3v) is 4.15. The highest BCUT2D eigenvalue weighted by Gasteiger charge is 2.32. The number of anilines is 1. The normalized spacial score (nSPS) is 18.3. The summed E-state index contributed by atoms with van der Waals surface area (Å²) < 4.78 is 37.2. The number of carbonyl (C=O) groups excluding carboxylic acids is 1. The molecule has 0 aromatic heterocycles. The number of alkyl halides is 3. The van der Waals surface area contributed by atoms with Crippen LogP contribution in [0.5, 0.6) is 0 Å². The summed E-state index contributed by atoms with van der Waals surface area (Å²) >= 11 is 0. The quantitative estimate of drug-likeness (QED) is 0.769. The van der Waals surface area contributed by atoms with E-state index in [0.29, 0.717) is 31.6 Å². The molecule has 1 aromatic carbocycles. The molecule has 1 atom stereocenters. The molecule has 0 aliphatic carbocycles. The second-order valence-corrected chi connectivity index (χ2v) is 6.17. The highest BCUT2D eigenvalue weighted by atomic mass is 19.4. The van der Waals surface area contributed by atoms with Crippen molar-refractivity contribution in [3.63, 3.8) is 0 Å². The number of hydrogen-bond acceptors (Lipinski definition) is 3. The first-order valence-electron chi connectivity index (χ1n) is 7.94. The van der Waals surface area contributed by atoms with Crippen LogP contribution in [0.2, 0.25) is 0 Å². The zero-order valence-electron chi connectivity index (χ0n) is 13.6. The number of primary amides is 1. The van der Waals surface area contributed by atoms with Gasteiger partial charge in [0, 0.05) is 17.8 Å². The van der Waals surface area contributed by atoms with Crippen LogP contribution in [-0.4, -0.2) is 42.8 Å². The Morgan fingerprint density at radius 2 is 1.88 bits per heavy atom. The van der Waals surface area contributed by atoms with Crippen molar-refractivity contribution in [1.82, 2.24) is 10.2 Å². The van der Waals surface area contributed by atoms with Gasteiger partial charge in [-0.25, -0.2) is 4.79 Å². The lowest BCUT2D eigenvalue weighted by atomic mass is 10.0. The summed E-state index contributed by atoms with van der Waals surface area (Å²) in [5.41, 5.74) is 6.73. The molecule has 1 fully saturated rings. The molecule has 24 heavy (non-hydrogen) atoms. The van der Waals surface area contributed by atoms with E-state index < -0.39 is 18.8 Å². The molecule has 0 bridgehead atoms. The van der Waals surface area contributed by atoms with Gasteiger partial charge in [0.1, 0.15) is 0 Å². The summed E-state index contributed by atoms with van der Waals surface area (Å²) in [6.45, 7) is 2.08. The van der Waals surface area contributed by atoms with Crippen molar-refractivity contribution >= 4 is 11.7 Å². The molecule has 4 N–H and O–H groups in total. The molecule has 1 aromatic rings. The Bertz CT molecular complexity index is 539. The smallest absolute Gasteiger partial charge is 0.351 e. The Labute approximate surface area is 139 Å². The first-order valence-corrected chi connectivity index (χ1v) is 7.94. The lowest BCUT2D eigenvalue weighted by molar-refractivity contribution is -0.148. The van der Waals surface area contributed by atoms with Crippen LogP contribution in [0.25, 0.3) is 0 Å². The highest BCUT2D eigenvalue weighted by Crippen LogP contribution is 2.22. The number of piperidine rings is 1. The van der Waals surface area contributed by atoms with Crippen LogP contribution in [-0.2, 0) is 0 Å². The van der Waals surface area contributed by atoms with Crippen LogP contribution in [0.3, 0.4) is 0 Å². The Kier molecular flexibility index (Phi) is 6.06. The average Bonchev–Trinajstić information content (AvgIpc) is 2.48. The van der Waals surface area contributed by atoms with Gasteiger partial charge in [-0.3, -0.25) is 4.90 Å². The number of nitrogens with two attached hydrogens (primary N) is 1. The van der Waals surface area contributed by atoms with Gasteiger partial charge >= 0.3 is 12.2 Å².